The number of nitrogens with two attached hydrogens (primary N) is 1. The van der Waals surface area contributed by atoms with Gasteiger partial charge in [0, 0.05) is 11.2 Å². The van der Waals surface area contributed by atoms with Gasteiger partial charge in [-0.15, -0.1) is 0 Å². The maximum absolute atomic E-state index is 14.1. The molecular weight excluding hydrogens is 603 g/mol. The van der Waals surface area contributed by atoms with E-state index in [4.69, 9.17) is 35.9 Å². The molecule has 3 fully saturated rings. The van der Waals surface area contributed by atoms with E-state index in [9.17, 15) is 24.8 Å². The third kappa shape index (κ3) is 5.05. The summed E-state index contributed by atoms with van der Waals surface area (Å²) in [6, 6.07) is 6.87. The van der Waals surface area contributed by atoms with Crippen molar-refractivity contribution in [2.45, 2.75) is 81.3 Å². The topological polar surface area (TPSA) is 204 Å². The van der Waals surface area contributed by atoms with Crippen molar-refractivity contribution in [2.24, 2.45) is 0 Å². The molecule has 0 spiro atoms. The van der Waals surface area contributed by atoms with Crippen LogP contribution in [-0.4, -0.2) is 66.3 Å². The number of fused-ring (bicyclic) bond motifs is 2. The lowest BCUT2D eigenvalue weighted by Gasteiger charge is -2.34. The summed E-state index contributed by atoms with van der Waals surface area (Å²) >= 11 is 5.97. The van der Waals surface area contributed by atoms with Crippen LogP contribution in [0, 0.1) is 11.3 Å². The number of nitrogen functional groups attached to an aromatic ring is 1. The van der Waals surface area contributed by atoms with Gasteiger partial charge in [-0.1, -0.05) is 11.6 Å². The summed E-state index contributed by atoms with van der Waals surface area (Å²) in [7, 11) is -4.43. The molecule has 1 aliphatic heterocycles. The second kappa shape index (κ2) is 10.7. The quantitative estimate of drug-likeness (QED) is 0.198. The van der Waals surface area contributed by atoms with Gasteiger partial charge in [-0.05, 0) is 63.8 Å². The minimum atomic E-state index is -4.43. The number of esters is 1. The molecule has 3 aromatic rings. The molecule has 16 heteroatoms. The first kappa shape index (κ1) is 29.8. The van der Waals surface area contributed by atoms with Crippen LogP contribution in [0.5, 0.6) is 5.75 Å². The Labute approximate surface area is 251 Å². The average Bonchev–Trinajstić information content (AvgIpc) is 3.37. The van der Waals surface area contributed by atoms with Crippen molar-refractivity contribution in [3.05, 3.63) is 47.4 Å². The second-order valence-electron chi connectivity index (χ2n) is 11.2. The molecule has 228 valence electrons. The molecule has 0 bridgehead atoms. The van der Waals surface area contributed by atoms with Crippen LogP contribution in [0.2, 0.25) is 5.02 Å². The molecule has 2 saturated carbocycles. The number of hydrogen-bond donors (Lipinski definition) is 4. The molecule has 2 aromatic heterocycles. The van der Waals surface area contributed by atoms with Crippen molar-refractivity contribution in [1.82, 2.24) is 19.6 Å². The Morgan fingerprint density at radius 1 is 1.30 bits per heavy atom. The second-order valence-corrected chi connectivity index (χ2v) is 13.2. The first-order valence-corrected chi connectivity index (χ1v) is 15.6. The molecule has 3 aliphatic rings. The van der Waals surface area contributed by atoms with Crippen molar-refractivity contribution < 1.29 is 38.1 Å². The molecule has 3 heterocycles. The number of carbonyl (C=O) groups excluding carboxylic acids is 1. The highest BCUT2D eigenvalue weighted by Crippen LogP contribution is 2.65. The fourth-order valence-corrected chi connectivity index (χ4v) is 7.63. The molecule has 0 radical (unpaired) electrons. The van der Waals surface area contributed by atoms with Crippen LogP contribution in [0.15, 0.2) is 36.8 Å². The Bertz CT molecular complexity index is 1660. The average molecular weight is 633 g/mol. The normalized spacial score (nSPS) is 30.4. The Hall–Kier alpha value is -3.28. The third-order valence-electron chi connectivity index (χ3n) is 8.19. The van der Waals surface area contributed by atoms with Gasteiger partial charge in [0.2, 0.25) is 0 Å². The Morgan fingerprint density at radius 2 is 2.00 bits per heavy atom. The van der Waals surface area contributed by atoms with E-state index in [1.165, 1.54) is 55.2 Å². The number of aromatic nitrogens is 3. The Kier molecular flexibility index (Phi) is 7.42. The van der Waals surface area contributed by atoms with Gasteiger partial charge in [0.25, 0.3) is 0 Å². The summed E-state index contributed by atoms with van der Waals surface area (Å²) in [5, 5.41) is 36.2. The zero-order chi connectivity index (χ0) is 30.7. The van der Waals surface area contributed by atoms with Crippen molar-refractivity contribution in [3.63, 3.8) is 0 Å². The van der Waals surface area contributed by atoms with Crippen LogP contribution in [-0.2, 0) is 23.4 Å². The molecule has 0 amide bonds. The van der Waals surface area contributed by atoms with Crippen LogP contribution in [0.25, 0.3) is 11.0 Å². The Morgan fingerprint density at radius 3 is 2.63 bits per heavy atom. The molecule has 14 nitrogen and oxygen atoms in total. The smallest absolute Gasteiger partial charge is 0.459 e. The van der Waals surface area contributed by atoms with Crippen LogP contribution >= 0.6 is 19.3 Å². The van der Waals surface area contributed by atoms with Crippen LogP contribution in [0.1, 0.15) is 51.3 Å². The number of nitrogens with one attached hydrogen (secondary N) is 1. The first-order valence-electron chi connectivity index (χ1n) is 13.7. The van der Waals surface area contributed by atoms with E-state index >= 15 is 0 Å². The highest BCUT2D eigenvalue weighted by molar-refractivity contribution is 7.52. The SMILES string of the molecule is CC(NP(=O)(Oc1ccc(Cl)cc1)OC1C2OC(n3cc(C#N)c4c(N)ncnc43)[C@](C)(O)[C@]21O)C(=O)OC1CCCC1. The molecule has 1 saturated heterocycles. The minimum absolute atomic E-state index is 0.0648. The van der Waals surface area contributed by atoms with Gasteiger partial charge in [0.1, 0.15) is 59.6 Å². The zero-order valence-electron chi connectivity index (χ0n) is 23.2. The summed E-state index contributed by atoms with van der Waals surface area (Å²) in [5.74, 6) is -0.461. The summed E-state index contributed by atoms with van der Waals surface area (Å²) < 4.78 is 38.6. The summed E-state index contributed by atoms with van der Waals surface area (Å²) in [5.41, 5.74) is 2.22. The number of aliphatic hydroxyl groups is 2. The maximum Gasteiger partial charge on any atom is 0.459 e. The molecule has 43 heavy (non-hydrogen) atoms. The third-order valence-corrected chi connectivity index (χ3v) is 10.1. The van der Waals surface area contributed by atoms with Crippen molar-refractivity contribution >= 4 is 42.2 Å². The number of carbonyl (C=O) groups is 1. The van der Waals surface area contributed by atoms with Gasteiger partial charge >= 0.3 is 13.7 Å². The van der Waals surface area contributed by atoms with Gasteiger partial charge in [-0.25, -0.2) is 14.5 Å². The fourth-order valence-electron chi connectivity index (χ4n) is 5.80. The van der Waals surface area contributed by atoms with E-state index < -0.39 is 49.4 Å². The molecule has 5 unspecified atom stereocenters. The number of benzene rings is 1. The Balaban J connectivity index is 1.25. The van der Waals surface area contributed by atoms with Crippen molar-refractivity contribution in [3.8, 4) is 11.8 Å². The van der Waals surface area contributed by atoms with Crippen LogP contribution in [0.3, 0.4) is 0 Å². The fraction of sp³-hybridized carbons (Fsp3) is 0.481. The number of ether oxygens (including phenoxy) is 2. The number of nitriles is 1. The van der Waals surface area contributed by atoms with E-state index in [0.29, 0.717) is 5.02 Å². The summed E-state index contributed by atoms with van der Waals surface area (Å²) in [6.07, 6.45) is 2.07. The van der Waals surface area contributed by atoms with E-state index in [0.717, 1.165) is 25.7 Å². The molecule has 7 atom stereocenters. The van der Waals surface area contributed by atoms with Crippen LogP contribution in [0.4, 0.5) is 5.82 Å². The van der Waals surface area contributed by atoms with Gasteiger partial charge in [0.05, 0.1) is 10.9 Å². The van der Waals surface area contributed by atoms with Crippen LogP contribution < -0.4 is 15.3 Å². The predicted octanol–water partition coefficient (Wildman–Crippen LogP) is 2.97. The van der Waals surface area contributed by atoms with Gasteiger partial charge in [-0.3, -0.25) is 9.32 Å². The number of rotatable bonds is 9. The van der Waals surface area contributed by atoms with E-state index in [2.05, 4.69) is 15.1 Å². The van der Waals surface area contributed by atoms with Crippen molar-refractivity contribution in [1.29, 1.82) is 5.26 Å². The van der Waals surface area contributed by atoms with E-state index in [1.807, 2.05) is 6.07 Å². The van der Waals surface area contributed by atoms with Gasteiger partial charge in [-0.2, -0.15) is 10.3 Å². The highest BCUT2D eigenvalue weighted by atomic mass is 35.5. The molecule has 1 aromatic carbocycles. The molecule has 6 rings (SSSR count). The zero-order valence-corrected chi connectivity index (χ0v) is 24.9. The van der Waals surface area contributed by atoms with E-state index in [-0.39, 0.29) is 34.3 Å². The summed E-state index contributed by atoms with van der Waals surface area (Å²) in [4.78, 5) is 20.9. The predicted molar refractivity (Wildman–Crippen MR) is 152 cm³/mol. The lowest BCUT2D eigenvalue weighted by atomic mass is 9.95. The first-order chi connectivity index (χ1) is 20.4. The summed E-state index contributed by atoms with van der Waals surface area (Å²) in [6.45, 7) is 2.78. The number of nitrogens with zero attached hydrogens (tertiary/aromatic N) is 4. The van der Waals surface area contributed by atoms with Gasteiger partial charge < -0.3 is 34.5 Å². The van der Waals surface area contributed by atoms with Gasteiger partial charge in [0.15, 0.2) is 11.8 Å². The lowest BCUT2D eigenvalue weighted by Crippen LogP contribution is -2.49. The minimum Gasteiger partial charge on any atom is -0.461 e. The van der Waals surface area contributed by atoms with E-state index in [1.54, 1.807) is 0 Å². The number of anilines is 1. The molecule has 5 N–H and O–H groups in total. The number of halogens is 1. The largest absolute Gasteiger partial charge is 0.461 e. The monoisotopic (exact) mass is 632 g/mol. The standard InChI is InChI=1S/C27H30ClN6O8P/c1-14(24(35)39-17-5-3-4-6-17)33-43(38,41-18-9-7-16(28)8-10-18)42-21-20-27(21,37)26(2,36)25(40-20)34-12-15(11-29)19-22(30)31-13-32-23(19)34/h7-10,12-14,17,20-21,25,36-37H,3-6H2,1-2H3,(H,33,38)(H2,30,31,32)/t14?,20?,21?,25?,26-,27-,43?/m0/s1. The molecular formula is C27H30ClN6O8P. The molecule has 2 aliphatic carbocycles. The highest BCUT2D eigenvalue weighted by Gasteiger charge is 2.84. The van der Waals surface area contributed by atoms with Crippen molar-refractivity contribution in [2.75, 3.05) is 5.73 Å². The maximum atomic E-state index is 14.1. The number of hydrogen-bond acceptors (Lipinski definition) is 12. The lowest BCUT2D eigenvalue weighted by molar-refractivity contribution is -0.155.